The van der Waals surface area contributed by atoms with Crippen LogP contribution < -0.4 is 15.9 Å². The van der Waals surface area contributed by atoms with Gasteiger partial charge in [0.1, 0.15) is 23.2 Å². The topological polar surface area (TPSA) is 0 Å². The number of hydrogen-bond donors (Lipinski definition) is 0. The maximum Gasteiger partial charge on any atom is 0.116 e. The first-order valence-electron chi connectivity index (χ1n) is 11.2. The molecule has 0 aliphatic heterocycles. The summed E-state index contributed by atoms with van der Waals surface area (Å²) in [5.74, 6) is 0. The van der Waals surface area contributed by atoms with Gasteiger partial charge in [-0.05, 0) is 77.7 Å². The van der Waals surface area contributed by atoms with Crippen LogP contribution in [-0.4, -0.2) is 0 Å². The second kappa shape index (κ2) is 8.73. The van der Waals surface area contributed by atoms with E-state index in [0.717, 1.165) is 6.16 Å². The van der Waals surface area contributed by atoms with E-state index < -0.39 is 7.26 Å². The maximum atomic E-state index is 2.43. The van der Waals surface area contributed by atoms with E-state index in [1.165, 1.54) is 43.4 Å². The molecule has 5 rings (SSSR count). The number of aryl methyl sites for hydroxylation is 2. The first-order valence-corrected chi connectivity index (χ1v) is 13.2. The molecular weight excluding hydrogens is 403 g/mol. The lowest BCUT2D eigenvalue weighted by atomic mass is 9.97. The molecule has 0 radical (unpaired) electrons. The van der Waals surface area contributed by atoms with Gasteiger partial charge in [-0.1, -0.05) is 84.9 Å². The highest BCUT2D eigenvalue weighted by molar-refractivity contribution is 7.95. The summed E-state index contributed by atoms with van der Waals surface area (Å²) in [5.41, 5.74) is 4.19. The molecule has 0 aliphatic rings. The average Bonchev–Trinajstić information content (AvgIpc) is 2.87. The molecule has 1 heteroatoms. The quantitative estimate of drug-likeness (QED) is 0.264. The second-order valence-corrected chi connectivity index (χ2v) is 12.0. The third kappa shape index (κ3) is 3.56. The molecule has 0 spiro atoms. The summed E-state index contributed by atoms with van der Waals surface area (Å²) >= 11 is 0. The van der Waals surface area contributed by atoms with E-state index in [0.29, 0.717) is 0 Å². The van der Waals surface area contributed by atoms with Gasteiger partial charge < -0.3 is 0 Å². The molecule has 156 valence electrons. The van der Waals surface area contributed by atoms with E-state index in [-0.39, 0.29) is 0 Å². The summed E-state index contributed by atoms with van der Waals surface area (Å²) in [5, 5.41) is 7.04. The smallest absolute Gasteiger partial charge is 0.0620 e. The van der Waals surface area contributed by atoms with Crippen molar-refractivity contribution in [3.05, 3.63) is 138 Å². The number of rotatable bonds is 5. The highest BCUT2D eigenvalue weighted by Gasteiger charge is 2.45. The van der Waals surface area contributed by atoms with Crippen LogP contribution in [0.5, 0.6) is 0 Å². The Hall–Kier alpha value is -3.21. The van der Waals surface area contributed by atoms with Gasteiger partial charge in [-0.15, -0.1) is 0 Å². The zero-order valence-corrected chi connectivity index (χ0v) is 19.6. The van der Waals surface area contributed by atoms with E-state index >= 15 is 0 Å². The van der Waals surface area contributed by atoms with E-state index in [1.54, 1.807) is 0 Å². The SMILES string of the molecule is Cc1cc(C[P+](c2ccccc2)(c2ccccc2)c2ccccc2)c2ccccc2c1C. The molecule has 32 heavy (non-hydrogen) atoms. The van der Waals surface area contributed by atoms with Gasteiger partial charge in [0, 0.05) is 0 Å². The van der Waals surface area contributed by atoms with Crippen LogP contribution in [0.25, 0.3) is 10.8 Å². The molecular formula is C31H28P+. The molecule has 5 aromatic rings. The van der Waals surface area contributed by atoms with Gasteiger partial charge in [-0.3, -0.25) is 0 Å². The van der Waals surface area contributed by atoms with Crippen molar-refractivity contribution < 1.29 is 0 Å². The fourth-order valence-corrected chi connectivity index (χ4v) is 9.16. The summed E-state index contributed by atoms with van der Waals surface area (Å²) in [7, 11) is -1.91. The lowest BCUT2D eigenvalue weighted by Crippen LogP contribution is -2.32. The van der Waals surface area contributed by atoms with Crippen LogP contribution >= 0.6 is 7.26 Å². The Bertz CT molecular complexity index is 1240. The van der Waals surface area contributed by atoms with E-state index in [4.69, 9.17) is 0 Å². The van der Waals surface area contributed by atoms with Crippen molar-refractivity contribution in [3.8, 4) is 0 Å². The summed E-state index contributed by atoms with van der Waals surface area (Å²) in [6.45, 7) is 4.49. The Labute approximate surface area is 191 Å². The lowest BCUT2D eigenvalue weighted by Gasteiger charge is -2.28. The molecule has 0 saturated heterocycles. The number of fused-ring (bicyclic) bond motifs is 1. The van der Waals surface area contributed by atoms with Crippen molar-refractivity contribution in [2.45, 2.75) is 20.0 Å². The van der Waals surface area contributed by atoms with Crippen molar-refractivity contribution in [1.82, 2.24) is 0 Å². The standard InChI is InChI=1S/C31H28P/c1-24-22-26(31-21-13-12-20-30(31)25(24)2)23-32(27-14-6-3-7-15-27,28-16-8-4-9-17-28)29-18-10-5-11-19-29/h3-22H,23H2,1-2H3/q+1. The van der Waals surface area contributed by atoms with Gasteiger partial charge >= 0.3 is 0 Å². The molecule has 0 amide bonds. The Morgan fingerprint density at radius 1 is 0.500 bits per heavy atom. The minimum Gasteiger partial charge on any atom is -0.0620 e. The highest BCUT2D eigenvalue weighted by Crippen LogP contribution is 2.58. The molecule has 0 saturated carbocycles. The van der Waals surface area contributed by atoms with Gasteiger partial charge in [0.25, 0.3) is 0 Å². The minimum absolute atomic E-state index is 1.01. The third-order valence-electron chi connectivity index (χ3n) is 6.66. The minimum atomic E-state index is -1.91. The number of benzene rings is 5. The van der Waals surface area contributed by atoms with E-state index in [1.807, 2.05) is 0 Å². The van der Waals surface area contributed by atoms with Crippen molar-refractivity contribution >= 4 is 33.9 Å². The van der Waals surface area contributed by atoms with Gasteiger partial charge in [-0.2, -0.15) is 0 Å². The Balaban J connectivity index is 1.84. The maximum absolute atomic E-state index is 2.43. The molecule has 0 nitrogen and oxygen atoms in total. The summed E-state index contributed by atoms with van der Waals surface area (Å²) in [6.07, 6.45) is 1.01. The highest BCUT2D eigenvalue weighted by atomic mass is 31.2. The van der Waals surface area contributed by atoms with Gasteiger partial charge in [0.15, 0.2) is 0 Å². The first-order chi connectivity index (χ1) is 15.7. The predicted octanol–water partition coefficient (Wildman–Crippen LogP) is 6.95. The fourth-order valence-electron chi connectivity index (χ4n) is 4.90. The summed E-state index contributed by atoms with van der Waals surface area (Å²) in [6, 6.07) is 44.8. The van der Waals surface area contributed by atoms with Gasteiger partial charge in [0.05, 0.1) is 6.16 Å². The van der Waals surface area contributed by atoms with Crippen LogP contribution in [-0.2, 0) is 6.16 Å². The van der Waals surface area contributed by atoms with Gasteiger partial charge in [0.2, 0.25) is 0 Å². The first kappa shape index (κ1) is 20.7. The second-order valence-electron chi connectivity index (χ2n) is 8.50. The Morgan fingerprint density at radius 3 is 1.38 bits per heavy atom. The average molecular weight is 432 g/mol. The molecule has 0 atom stereocenters. The van der Waals surface area contributed by atoms with Crippen molar-refractivity contribution in [3.63, 3.8) is 0 Å². The van der Waals surface area contributed by atoms with E-state index in [9.17, 15) is 0 Å². The summed E-state index contributed by atoms with van der Waals surface area (Å²) in [4.78, 5) is 0. The molecule has 0 heterocycles. The van der Waals surface area contributed by atoms with Crippen LogP contribution in [0.3, 0.4) is 0 Å². The van der Waals surface area contributed by atoms with Crippen LogP contribution in [0.15, 0.2) is 121 Å². The van der Waals surface area contributed by atoms with Gasteiger partial charge in [-0.25, -0.2) is 0 Å². The van der Waals surface area contributed by atoms with Crippen LogP contribution in [0, 0.1) is 13.8 Å². The predicted molar refractivity (Wildman–Crippen MR) is 142 cm³/mol. The Kier molecular flexibility index (Phi) is 5.64. The number of hydrogen-bond acceptors (Lipinski definition) is 0. The molecule has 5 aromatic carbocycles. The normalized spacial score (nSPS) is 11.6. The van der Waals surface area contributed by atoms with Crippen molar-refractivity contribution in [1.29, 1.82) is 0 Å². The molecule has 0 fully saturated rings. The monoisotopic (exact) mass is 431 g/mol. The zero-order chi connectivity index (χ0) is 22.0. The van der Waals surface area contributed by atoms with Crippen LogP contribution in [0.2, 0.25) is 0 Å². The Morgan fingerprint density at radius 2 is 0.906 bits per heavy atom. The fraction of sp³-hybridized carbons (Fsp3) is 0.0968. The molecule has 0 unspecified atom stereocenters. The third-order valence-corrected chi connectivity index (χ3v) is 11.0. The summed E-state index contributed by atoms with van der Waals surface area (Å²) < 4.78 is 0. The molecule has 0 N–H and O–H groups in total. The van der Waals surface area contributed by atoms with Crippen LogP contribution in [0.1, 0.15) is 16.7 Å². The lowest BCUT2D eigenvalue weighted by molar-refractivity contribution is 1.32. The van der Waals surface area contributed by atoms with E-state index in [2.05, 4.69) is 135 Å². The van der Waals surface area contributed by atoms with Crippen molar-refractivity contribution in [2.24, 2.45) is 0 Å². The van der Waals surface area contributed by atoms with Crippen LogP contribution in [0.4, 0.5) is 0 Å². The molecule has 0 aliphatic carbocycles. The van der Waals surface area contributed by atoms with Crippen molar-refractivity contribution in [2.75, 3.05) is 0 Å². The molecule has 0 bridgehead atoms. The zero-order valence-electron chi connectivity index (χ0n) is 18.7. The molecule has 0 aromatic heterocycles. The largest absolute Gasteiger partial charge is 0.116 e.